The van der Waals surface area contributed by atoms with Crippen LogP contribution in [0.15, 0.2) is 34.6 Å². The predicted octanol–water partition coefficient (Wildman–Crippen LogP) is 1.43. The highest BCUT2D eigenvalue weighted by Crippen LogP contribution is 2.31. The molecule has 0 spiro atoms. The third kappa shape index (κ3) is 2.59. The molecule has 0 bridgehead atoms. The molecule has 0 atom stereocenters. The summed E-state index contributed by atoms with van der Waals surface area (Å²) in [4.78, 5) is 5.22. The van der Waals surface area contributed by atoms with E-state index in [-0.39, 0.29) is 0 Å². The molecule has 1 aromatic heterocycles. The topological polar surface area (TPSA) is 66.0 Å². The first-order valence-electron chi connectivity index (χ1n) is 5.13. The van der Waals surface area contributed by atoms with Gasteiger partial charge in [-0.15, -0.1) is 0 Å². The van der Waals surface area contributed by atoms with Crippen molar-refractivity contribution in [2.75, 3.05) is 7.11 Å². The lowest BCUT2D eigenvalue weighted by atomic mass is 10.2. The normalized spacial score (nSPS) is 10.5. The first kappa shape index (κ1) is 11.9. The molecule has 1 aromatic carbocycles. The van der Waals surface area contributed by atoms with Crippen LogP contribution in [0.4, 0.5) is 0 Å². The van der Waals surface area contributed by atoms with Crippen LogP contribution in [0.3, 0.4) is 0 Å². The lowest BCUT2D eigenvalue weighted by Gasteiger charge is -2.08. The molecule has 0 aliphatic carbocycles. The van der Waals surface area contributed by atoms with Gasteiger partial charge in [-0.3, -0.25) is 0 Å². The summed E-state index contributed by atoms with van der Waals surface area (Å²) in [5, 5.41) is 4.86. The van der Waals surface area contributed by atoms with E-state index in [4.69, 9.17) is 10.5 Å². The van der Waals surface area contributed by atoms with Crippen LogP contribution in [0.5, 0.6) is 5.75 Å². The van der Waals surface area contributed by atoms with E-state index in [1.807, 2.05) is 25.2 Å². The maximum atomic E-state index is 5.71. The number of nitrogens with two attached hydrogens (primary N) is 1. The minimum Gasteiger partial charge on any atom is -0.497 e. The van der Waals surface area contributed by atoms with Gasteiger partial charge in [0, 0.05) is 18.5 Å². The quantitative estimate of drug-likeness (QED) is 0.889. The summed E-state index contributed by atoms with van der Waals surface area (Å²) in [7, 11) is 3.51. The molecule has 0 aliphatic rings. The molecule has 0 fully saturated rings. The number of hydrogen-bond acceptors (Lipinski definition) is 5. The van der Waals surface area contributed by atoms with Gasteiger partial charge in [0.1, 0.15) is 12.1 Å². The van der Waals surface area contributed by atoms with E-state index in [1.54, 1.807) is 11.8 Å². The van der Waals surface area contributed by atoms with E-state index in [1.165, 1.54) is 18.1 Å². The smallest absolute Gasteiger partial charge is 0.190 e. The summed E-state index contributed by atoms with van der Waals surface area (Å²) in [6, 6.07) is 5.84. The molecule has 2 aromatic rings. The van der Waals surface area contributed by atoms with Crippen molar-refractivity contribution in [1.29, 1.82) is 0 Å². The Labute approximate surface area is 104 Å². The van der Waals surface area contributed by atoms with Crippen LogP contribution in [0.2, 0.25) is 0 Å². The molecule has 90 valence electrons. The standard InChI is InChI=1S/C11H14N4OS/c1-15-11(13-7-14-15)17-10-5-9(16-2)4-3-8(10)6-12/h3-5,7H,6,12H2,1-2H3. The maximum Gasteiger partial charge on any atom is 0.190 e. The molecule has 5 nitrogen and oxygen atoms in total. The zero-order valence-corrected chi connectivity index (χ0v) is 10.6. The first-order valence-corrected chi connectivity index (χ1v) is 5.95. The molecule has 6 heteroatoms. The second-order valence-electron chi connectivity index (χ2n) is 3.45. The Hall–Kier alpha value is -1.53. The Morgan fingerprint density at radius 3 is 2.88 bits per heavy atom. The zero-order valence-electron chi connectivity index (χ0n) is 9.75. The predicted molar refractivity (Wildman–Crippen MR) is 66.0 cm³/mol. The fraction of sp³-hybridized carbons (Fsp3) is 0.273. The van der Waals surface area contributed by atoms with Gasteiger partial charge in [-0.2, -0.15) is 5.10 Å². The van der Waals surface area contributed by atoms with Gasteiger partial charge in [0.05, 0.1) is 7.11 Å². The van der Waals surface area contributed by atoms with Gasteiger partial charge >= 0.3 is 0 Å². The summed E-state index contributed by atoms with van der Waals surface area (Å²) >= 11 is 1.53. The van der Waals surface area contributed by atoms with Crippen molar-refractivity contribution in [2.45, 2.75) is 16.6 Å². The van der Waals surface area contributed by atoms with E-state index in [2.05, 4.69) is 10.1 Å². The fourth-order valence-corrected chi connectivity index (χ4v) is 2.34. The van der Waals surface area contributed by atoms with Crippen molar-refractivity contribution in [3.8, 4) is 5.75 Å². The molecule has 0 unspecified atom stereocenters. The Morgan fingerprint density at radius 1 is 1.47 bits per heavy atom. The van der Waals surface area contributed by atoms with E-state index in [0.29, 0.717) is 6.54 Å². The Kier molecular flexibility index (Phi) is 3.65. The molecule has 2 N–H and O–H groups in total. The third-order valence-corrected chi connectivity index (χ3v) is 3.52. The van der Waals surface area contributed by atoms with E-state index in [0.717, 1.165) is 21.4 Å². The van der Waals surface area contributed by atoms with Gasteiger partial charge in [0.2, 0.25) is 0 Å². The summed E-state index contributed by atoms with van der Waals surface area (Å²) in [5.74, 6) is 0.812. The van der Waals surface area contributed by atoms with Crippen LogP contribution in [-0.2, 0) is 13.6 Å². The van der Waals surface area contributed by atoms with Crippen molar-refractivity contribution in [3.63, 3.8) is 0 Å². The number of ether oxygens (including phenoxy) is 1. The first-order chi connectivity index (χ1) is 8.24. The molecule has 0 radical (unpaired) electrons. The van der Waals surface area contributed by atoms with Crippen LogP contribution in [0.1, 0.15) is 5.56 Å². The minimum atomic E-state index is 0.490. The Morgan fingerprint density at radius 2 is 2.29 bits per heavy atom. The third-order valence-electron chi connectivity index (χ3n) is 2.37. The van der Waals surface area contributed by atoms with Crippen LogP contribution in [0.25, 0.3) is 0 Å². The molecular formula is C11H14N4OS. The van der Waals surface area contributed by atoms with Gasteiger partial charge in [-0.05, 0) is 29.5 Å². The zero-order chi connectivity index (χ0) is 12.3. The van der Waals surface area contributed by atoms with Gasteiger partial charge in [0.15, 0.2) is 5.16 Å². The van der Waals surface area contributed by atoms with Gasteiger partial charge in [-0.25, -0.2) is 9.67 Å². The minimum absolute atomic E-state index is 0.490. The molecular weight excluding hydrogens is 236 g/mol. The van der Waals surface area contributed by atoms with Crippen LogP contribution < -0.4 is 10.5 Å². The second-order valence-corrected chi connectivity index (χ2v) is 4.46. The molecule has 1 heterocycles. The SMILES string of the molecule is COc1ccc(CN)c(Sc2ncnn2C)c1. The number of benzene rings is 1. The van der Waals surface area contributed by atoms with Crippen LogP contribution in [-0.4, -0.2) is 21.9 Å². The van der Waals surface area contributed by atoms with E-state index < -0.39 is 0 Å². The van der Waals surface area contributed by atoms with Crippen LogP contribution in [0, 0.1) is 0 Å². The Bertz CT molecular complexity index is 512. The lowest BCUT2D eigenvalue weighted by molar-refractivity contribution is 0.413. The molecule has 17 heavy (non-hydrogen) atoms. The van der Waals surface area contributed by atoms with Crippen molar-refractivity contribution in [1.82, 2.24) is 14.8 Å². The lowest BCUT2D eigenvalue weighted by Crippen LogP contribution is -2.00. The summed E-state index contributed by atoms with van der Waals surface area (Å²) < 4.78 is 6.93. The second kappa shape index (κ2) is 5.20. The van der Waals surface area contributed by atoms with Crippen molar-refractivity contribution >= 4 is 11.8 Å². The van der Waals surface area contributed by atoms with Gasteiger partial charge < -0.3 is 10.5 Å². The van der Waals surface area contributed by atoms with E-state index >= 15 is 0 Å². The summed E-state index contributed by atoms with van der Waals surface area (Å²) in [5.41, 5.74) is 6.78. The number of hydrogen-bond donors (Lipinski definition) is 1. The Balaban J connectivity index is 2.33. The highest BCUT2D eigenvalue weighted by atomic mass is 32.2. The molecule has 0 amide bonds. The fourth-order valence-electron chi connectivity index (χ4n) is 1.40. The van der Waals surface area contributed by atoms with Crippen molar-refractivity contribution in [2.24, 2.45) is 12.8 Å². The van der Waals surface area contributed by atoms with Crippen LogP contribution >= 0.6 is 11.8 Å². The monoisotopic (exact) mass is 250 g/mol. The summed E-state index contributed by atoms with van der Waals surface area (Å²) in [6.45, 7) is 0.490. The van der Waals surface area contributed by atoms with Crippen molar-refractivity contribution in [3.05, 3.63) is 30.1 Å². The highest BCUT2D eigenvalue weighted by molar-refractivity contribution is 7.99. The molecule has 0 saturated carbocycles. The molecule has 2 rings (SSSR count). The molecule has 0 saturated heterocycles. The van der Waals surface area contributed by atoms with E-state index in [9.17, 15) is 0 Å². The number of nitrogens with zero attached hydrogens (tertiary/aromatic N) is 3. The summed E-state index contributed by atoms with van der Waals surface area (Å²) in [6.07, 6.45) is 1.53. The van der Waals surface area contributed by atoms with Gasteiger partial charge in [-0.1, -0.05) is 6.07 Å². The average molecular weight is 250 g/mol. The molecule has 0 aliphatic heterocycles. The number of aromatic nitrogens is 3. The largest absolute Gasteiger partial charge is 0.497 e. The number of methoxy groups -OCH3 is 1. The van der Waals surface area contributed by atoms with Crippen molar-refractivity contribution < 1.29 is 4.74 Å². The van der Waals surface area contributed by atoms with Gasteiger partial charge in [0.25, 0.3) is 0 Å². The average Bonchev–Trinajstić information content (AvgIpc) is 2.75. The highest BCUT2D eigenvalue weighted by Gasteiger charge is 2.08. The maximum absolute atomic E-state index is 5.71. The number of aryl methyl sites for hydroxylation is 1. The number of rotatable bonds is 4.